The summed E-state index contributed by atoms with van der Waals surface area (Å²) in [6.45, 7) is -1.17. The number of hydrogen-bond acceptors (Lipinski definition) is 3. The fraction of sp³-hybridized carbons (Fsp3) is 0.208. The molecule has 2 heterocycles. The predicted molar refractivity (Wildman–Crippen MR) is 238 cm³/mol. The van der Waals surface area contributed by atoms with Crippen LogP contribution in [-0.4, -0.2) is 19.6 Å². The monoisotopic (exact) mass is 956 g/mol. The van der Waals surface area contributed by atoms with E-state index in [9.17, 15) is 6.48 Å². The van der Waals surface area contributed by atoms with Crippen molar-refractivity contribution in [1.82, 2.24) is 14.5 Å². The molecule has 6 aromatic carbocycles. The molecule has 2 aromatic heterocycles. The van der Waals surface area contributed by atoms with E-state index in [1.807, 2.05) is 89.2 Å². The van der Waals surface area contributed by atoms with E-state index >= 15 is 0 Å². The van der Waals surface area contributed by atoms with E-state index in [-0.39, 0.29) is 55.1 Å². The van der Waals surface area contributed by atoms with Gasteiger partial charge in [0.1, 0.15) is 11.6 Å². The fourth-order valence-corrected chi connectivity index (χ4v) is 6.94. The van der Waals surface area contributed by atoms with Gasteiger partial charge in [-0.1, -0.05) is 163 Å². The molecule has 8 aromatic rings. The molecule has 294 valence electrons. The molecule has 0 saturated heterocycles. The first-order valence-corrected chi connectivity index (χ1v) is 18.5. The van der Waals surface area contributed by atoms with Crippen LogP contribution >= 0.6 is 0 Å². The second-order valence-corrected chi connectivity index (χ2v) is 15.3. The number of phenolic OH excluding ortho intramolecular Hbond substituents is 1. The second kappa shape index (κ2) is 16.0. The van der Waals surface area contributed by atoms with Gasteiger partial charge in [0.25, 0.3) is 0 Å². The zero-order valence-corrected chi connectivity index (χ0v) is 34.7. The summed E-state index contributed by atoms with van der Waals surface area (Å²) in [7, 11) is 0. The largest absolute Gasteiger partial charge is 0.507 e. The van der Waals surface area contributed by atoms with Crippen molar-refractivity contribution < 1.29 is 49.5 Å². The number of pyridine rings is 1. The number of hydrogen-bond donors (Lipinski definition) is 1. The SMILES string of the molecule is [2H]c1nc(-c2[c-]c(-c3cccc4c3nc(-c3cccc(C(C([2H])([2H])[2H])(C([2H])([2H])[2H])C([2H])([2H])[2H])c3O)n4-c3ccc(C(C)C)cc3-c3ccccc3)cc(C(C)(C)C)c2)c([2H])c(-c2c([2H])c([2H])c([2H])c([2H])c2[2H])c1[2H].[Pt]. The van der Waals surface area contributed by atoms with Crippen molar-refractivity contribution in [3.05, 3.63) is 168 Å². The van der Waals surface area contributed by atoms with Gasteiger partial charge < -0.3 is 5.11 Å². The first-order chi connectivity index (χ1) is 34.3. The van der Waals surface area contributed by atoms with Crippen molar-refractivity contribution >= 4 is 11.0 Å². The number of aromatic nitrogens is 3. The summed E-state index contributed by atoms with van der Waals surface area (Å²) >= 11 is 0. The third-order valence-electron chi connectivity index (χ3n) is 10.0. The Balaban J connectivity index is 0.00000820. The number of phenols is 1. The van der Waals surface area contributed by atoms with Crippen LogP contribution in [0.15, 0.2) is 146 Å². The molecule has 0 radical (unpaired) electrons. The molecule has 0 unspecified atom stereocenters. The van der Waals surface area contributed by atoms with Crippen molar-refractivity contribution in [3.63, 3.8) is 0 Å². The molecule has 0 spiro atoms. The third kappa shape index (κ3) is 7.83. The number of fused-ring (bicyclic) bond motifs is 1. The fourth-order valence-electron chi connectivity index (χ4n) is 6.94. The zero-order valence-electron chi connectivity index (χ0n) is 49.4. The number of aromatic hydroxyl groups is 1. The van der Waals surface area contributed by atoms with E-state index < -0.39 is 102 Å². The Morgan fingerprint density at radius 3 is 2.17 bits per heavy atom. The van der Waals surface area contributed by atoms with Gasteiger partial charge in [0.2, 0.25) is 0 Å². The average molecular weight is 957 g/mol. The topological polar surface area (TPSA) is 50.9 Å². The molecule has 0 atom stereocenters. The molecule has 0 aliphatic carbocycles. The zero-order chi connectivity index (χ0) is 54.5. The Bertz CT molecular complexity index is 3480. The van der Waals surface area contributed by atoms with Crippen LogP contribution in [0.4, 0.5) is 0 Å². The second-order valence-electron chi connectivity index (χ2n) is 15.3. The van der Waals surface area contributed by atoms with Gasteiger partial charge in [0, 0.05) is 50.8 Å². The van der Waals surface area contributed by atoms with Crippen molar-refractivity contribution in [2.45, 2.75) is 71.9 Å². The maximum atomic E-state index is 12.5. The Morgan fingerprint density at radius 1 is 0.724 bits per heavy atom. The molecular formula is C53H50N3OPt-. The molecular weight excluding hydrogens is 890 g/mol. The number of rotatable bonds is 7. The maximum Gasteiger partial charge on any atom is 0.148 e. The van der Waals surface area contributed by atoms with Crippen molar-refractivity contribution in [3.8, 4) is 67.5 Å². The van der Waals surface area contributed by atoms with Gasteiger partial charge in [-0.15, -0.1) is 29.3 Å². The molecule has 0 saturated carbocycles. The van der Waals surface area contributed by atoms with Gasteiger partial charge >= 0.3 is 0 Å². The minimum atomic E-state index is -3.70. The average Bonchev–Trinajstić information content (AvgIpc) is 3.71. The van der Waals surface area contributed by atoms with Crippen molar-refractivity contribution in [2.75, 3.05) is 0 Å². The molecule has 58 heavy (non-hydrogen) atoms. The molecule has 0 aliphatic rings. The van der Waals surface area contributed by atoms with Crippen LogP contribution in [0.5, 0.6) is 5.75 Å². The van der Waals surface area contributed by atoms with Crippen LogP contribution in [0.25, 0.3) is 72.7 Å². The van der Waals surface area contributed by atoms with Gasteiger partial charge in [-0.25, -0.2) is 4.98 Å². The summed E-state index contributed by atoms with van der Waals surface area (Å²) < 4.78 is 148. The van der Waals surface area contributed by atoms with E-state index in [0.717, 1.165) is 22.8 Å². The maximum absolute atomic E-state index is 12.5. The third-order valence-corrected chi connectivity index (χ3v) is 10.0. The summed E-state index contributed by atoms with van der Waals surface area (Å²) in [6, 6.07) is 26.7. The van der Waals surface area contributed by atoms with Crippen molar-refractivity contribution in [2.24, 2.45) is 0 Å². The van der Waals surface area contributed by atoms with Crippen LogP contribution in [0.3, 0.4) is 0 Å². The molecule has 8 rings (SSSR count). The number of para-hydroxylation sites is 2. The van der Waals surface area contributed by atoms with Crippen LogP contribution in [0.2, 0.25) is 0 Å². The number of nitrogens with zero attached hydrogens (tertiary/aromatic N) is 3. The van der Waals surface area contributed by atoms with Gasteiger partial charge in [-0.05, 0) is 74.9 Å². The normalized spacial score (nSPS) is 16.8. The number of imidazole rings is 1. The van der Waals surface area contributed by atoms with E-state index in [0.29, 0.717) is 27.9 Å². The van der Waals surface area contributed by atoms with Crippen LogP contribution in [-0.2, 0) is 31.9 Å². The summed E-state index contributed by atoms with van der Waals surface area (Å²) in [5.74, 6) is -0.862. The van der Waals surface area contributed by atoms with Crippen LogP contribution in [0.1, 0.15) is 101 Å². The minimum Gasteiger partial charge on any atom is -0.507 e. The van der Waals surface area contributed by atoms with E-state index in [4.69, 9.17) is 26.9 Å². The number of benzene rings is 6. The molecule has 4 nitrogen and oxygen atoms in total. The van der Waals surface area contributed by atoms with Gasteiger partial charge in [-0.3, -0.25) is 9.55 Å². The standard InChI is InChI=1S/C53H50N3O.Pt/c1-34(2)37-25-26-47(44(32-37)36-19-13-10-14-20-36)56-48-24-16-21-42(49(48)55-51(56)43-22-15-23-45(50(43)57)53(6,7)8)39-29-40(31-41(30-39)52(3,4)5)46-33-38(27-28-54-46)35-17-11-9-12-18-35;/h9-28,30-34,57H,1-8H3;/q-1;/i6D3,7D3,8D3,9D,11D,12D,17D,18D,27D,28D,33D;. The minimum absolute atomic E-state index is 0. The Hall–Kier alpha value is -5.57. The predicted octanol–water partition coefficient (Wildman–Crippen LogP) is 14.0. The van der Waals surface area contributed by atoms with Gasteiger partial charge in [-0.2, -0.15) is 0 Å². The molecule has 0 bridgehead atoms. The Kier molecular flexibility index (Phi) is 6.72. The summed E-state index contributed by atoms with van der Waals surface area (Å²) in [5, 5.41) is 12.5. The molecule has 0 amide bonds. The van der Waals surface area contributed by atoms with Gasteiger partial charge in [0.15, 0.2) is 0 Å². The van der Waals surface area contributed by atoms with E-state index in [2.05, 4.69) is 11.1 Å². The summed E-state index contributed by atoms with van der Waals surface area (Å²) in [5.41, 5.74) is -0.822. The van der Waals surface area contributed by atoms with E-state index in [1.165, 1.54) is 12.1 Å². The van der Waals surface area contributed by atoms with Crippen LogP contribution < -0.4 is 0 Å². The van der Waals surface area contributed by atoms with Crippen LogP contribution in [0, 0.1) is 6.07 Å². The quantitative estimate of drug-likeness (QED) is 0.162. The first kappa shape index (κ1) is 24.4. The smallest absolute Gasteiger partial charge is 0.148 e. The molecule has 1 N–H and O–H groups in total. The Morgan fingerprint density at radius 2 is 1.45 bits per heavy atom. The summed E-state index contributed by atoms with van der Waals surface area (Å²) in [4.78, 5) is 9.55. The first-order valence-electron chi connectivity index (χ1n) is 27.0. The molecule has 0 aliphatic heterocycles. The molecule has 5 heteroatoms. The van der Waals surface area contributed by atoms with E-state index in [1.54, 1.807) is 28.8 Å². The van der Waals surface area contributed by atoms with Crippen molar-refractivity contribution in [1.29, 1.82) is 0 Å². The van der Waals surface area contributed by atoms with Gasteiger partial charge in [0.05, 0.1) is 33.3 Å². The summed E-state index contributed by atoms with van der Waals surface area (Å²) in [6.07, 6.45) is -0.626. The Labute approximate surface area is 381 Å². The molecule has 0 fully saturated rings.